The van der Waals surface area contributed by atoms with Gasteiger partial charge in [0.1, 0.15) is 0 Å². The lowest BCUT2D eigenvalue weighted by Crippen LogP contribution is -2.44. The van der Waals surface area contributed by atoms with Gasteiger partial charge in [-0.3, -0.25) is 0 Å². The first-order valence-corrected chi connectivity index (χ1v) is 5.35. The largest absolute Gasteiger partial charge is 0.380 e. The third kappa shape index (κ3) is 3.91. The predicted octanol–water partition coefficient (Wildman–Crippen LogP) is 1.38. The maximum atomic E-state index is 11.6. The Kier molecular flexibility index (Phi) is 4.62. The lowest BCUT2D eigenvalue weighted by molar-refractivity contribution is 0.192. The Morgan fingerprint density at radius 1 is 1.67 bits per heavy atom. The summed E-state index contributed by atoms with van der Waals surface area (Å²) in [7, 11) is 1.69. The number of rotatable bonds is 3. The number of hydrogen-bond donors (Lipinski definition) is 1. The van der Waals surface area contributed by atoms with E-state index in [2.05, 4.69) is 11.4 Å². The zero-order valence-electron chi connectivity index (χ0n) is 9.75. The van der Waals surface area contributed by atoms with Crippen LogP contribution < -0.4 is 5.32 Å². The van der Waals surface area contributed by atoms with Crippen LogP contribution in [0.5, 0.6) is 0 Å². The number of ether oxygens (including phenoxy) is 1. The van der Waals surface area contributed by atoms with Crippen molar-refractivity contribution in [3.63, 3.8) is 0 Å². The number of urea groups is 1. The second-order valence-electron chi connectivity index (χ2n) is 4.10. The van der Waals surface area contributed by atoms with Crippen LogP contribution in [-0.2, 0) is 4.74 Å². The van der Waals surface area contributed by atoms with Crippen molar-refractivity contribution in [3.05, 3.63) is 11.6 Å². The van der Waals surface area contributed by atoms with Crippen molar-refractivity contribution in [2.45, 2.75) is 26.3 Å². The van der Waals surface area contributed by atoms with Gasteiger partial charge in [-0.2, -0.15) is 0 Å². The van der Waals surface area contributed by atoms with Crippen LogP contribution in [0.4, 0.5) is 4.79 Å². The highest BCUT2D eigenvalue weighted by atomic mass is 16.5. The molecule has 2 amide bonds. The molecule has 1 aliphatic rings. The molecule has 0 fully saturated rings. The average Bonchev–Trinajstić information content (AvgIpc) is 2.18. The molecular weight excluding hydrogens is 192 g/mol. The molecule has 0 unspecified atom stereocenters. The summed E-state index contributed by atoms with van der Waals surface area (Å²) < 4.78 is 5.05. The van der Waals surface area contributed by atoms with Crippen molar-refractivity contribution < 1.29 is 9.53 Å². The molecule has 4 nitrogen and oxygen atoms in total. The molecular formula is C11H20N2O2. The van der Waals surface area contributed by atoms with Gasteiger partial charge in [0.2, 0.25) is 0 Å². The molecule has 0 saturated heterocycles. The number of carbonyl (C=O) groups excluding carboxylic acids is 1. The highest BCUT2D eigenvalue weighted by Gasteiger charge is 2.17. The Bertz CT molecular complexity index is 249. The fourth-order valence-electron chi connectivity index (χ4n) is 1.55. The van der Waals surface area contributed by atoms with E-state index in [1.165, 1.54) is 5.57 Å². The van der Waals surface area contributed by atoms with Crippen LogP contribution in [-0.4, -0.2) is 43.8 Å². The van der Waals surface area contributed by atoms with E-state index in [1.807, 2.05) is 18.7 Å². The third-order valence-electron chi connectivity index (χ3n) is 2.33. The maximum absolute atomic E-state index is 11.6. The van der Waals surface area contributed by atoms with Crippen molar-refractivity contribution in [2.75, 3.05) is 26.8 Å². The first-order chi connectivity index (χ1) is 7.13. The van der Waals surface area contributed by atoms with Gasteiger partial charge >= 0.3 is 6.03 Å². The van der Waals surface area contributed by atoms with Gasteiger partial charge in [-0.25, -0.2) is 4.79 Å². The number of amides is 2. The number of nitrogens with one attached hydrogen (secondary N) is 1. The molecule has 0 aromatic rings. The Balaban J connectivity index is 2.39. The first kappa shape index (κ1) is 12.0. The van der Waals surface area contributed by atoms with Crippen LogP contribution >= 0.6 is 0 Å². The number of carbonyl (C=O) groups is 1. The van der Waals surface area contributed by atoms with Crippen LogP contribution in [0.15, 0.2) is 11.6 Å². The molecule has 1 N–H and O–H groups in total. The van der Waals surface area contributed by atoms with Gasteiger partial charge in [-0.05, 0) is 25.8 Å². The second kappa shape index (κ2) is 5.75. The van der Waals surface area contributed by atoms with Crippen LogP contribution in [0.2, 0.25) is 0 Å². The molecule has 86 valence electrons. The zero-order chi connectivity index (χ0) is 11.3. The smallest absolute Gasteiger partial charge is 0.317 e. The highest BCUT2D eigenvalue weighted by molar-refractivity contribution is 5.74. The van der Waals surface area contributed by atoms with Gasteiger partial charge in [-0.15, -0.1) is 0 Å². The first-order valence-electron chi connectivity index (χ1n) is 5.35. The summed E-state index contributed by atoms with van der Waals surface area (Å²) in [6, 6.07) is 0.222. The molecule has 0 aliphatic carbocycles. The van der Waals surface area contributed by atoms with Gasteiger partial charge in [0.25, 0.3) is 0 Å². The van der Waals surface area contributed by atoms with E-state index in [0.717, 1.165) is 13.0 Å². The Hall–Kier alpha value is -1.03. The normalized spacial score (nSPS) is 16.5. The number of methoxy groups -OCH3 is 1. The van der Waals surface area contributed by atoms with Gasteiger partial charge < -0.3 is 15.0 Å². The molecule has 0 aromatic heterocycles. The molecule has 0 bridgehead atoms. The molecule has 0 aromatic carbocycles. The molecule has 0 saturated carbocycles. The van der Waals surface area contributed by atoms with Crippen molar-refractivity contribution in [1.29, 1.82) is 0 Å². The molecule has 1 rings (SSSR count). The number of nitrogens with zero attached hydrogens (tertiary/aromatic N) is 1. The minimum absolute atomic E-state index is 0.0257. The molecule has 0 atom stereocenters. The van der Waals surface area contributed by atoms with E-state index in [4.69, 9.17) is 4.74 Å². The van der Waals surface area contributed by atoms with Crippen molar-refractivity contribution in [3.8, 4) is 0 Å². The summed E-state index contributed by atoms with van der Waals surface area (Å²) in [5.41, 5.74) is 1.28. The van der Waals surface area contributed by atoms with E-state index >= 15 is 0 Å². The monoisotopic (exact) mass is 212 g/mol. The topological polar surface area (TPSA) is 41.6 Å². The van der Waals surface area contributed by atoms with Gasteiger partial charge in [-0.1, -0.05) is 6.08 Å². The molecule has 15 heavy (non-hydrogen) atoms. The van der Waals surface area contributed by atoms with Crippen LogP contribution in [0, 0.1) is 0 Å². The van der Waals surface area contributed by atoms with E-state index in [9.17, 15) is 4.79 Å². The highest BCUT2D eigenvalue weighted by Crippen LogP contribution is 2.10. The van der Waals surface area contributed by atoms with Crippen LogP contribution in [0.3, 0.4) is 0 Å². The fourth-order valence-corrected chi connectivity index (χ4v) is 1.55. The Morgan fingerprint density at radius 2 is 2.40 bits per heavy atom. The lowest BCUT2D eigenvalue weighted by atomic mass is 10.1. The van der Waals surface area contributed by atoms with E-state index in [0.29, 0.717) is 13.2 Å². The SMILES string of the molecule is COCC1=CCN(C(=O)NC(C)C)CC1. The van der Waals surface area contributed by atoms with E-state index in [-0.39, 0.29) is 12.1 Å². The summed E-state index contributed by atoms with van der Waals surface area (Å²) in [5, 5.41) is 2.89. The summed E-state index contributed by atoms with van der Waals surface area (Å²) in [6.07, 6.45) is 2.99. The molecule has 4 heteroatoms. The summed E-state index contributed by atoms with van der Waals surface area (Å²) >= 11 is 0. The summed E-state index contributed by atoms with van der Waals surface area (Å²) in [6.45, 7) is 6.09. The Morgan fingerprint density at radius 3 is 2.87 bits per heavy atom. The van der Waals surface area contributed by atoms with Gasteiger partial charge in [0, 0.05) is 26.2 Å². The minimum Gasteiger partial charge on any atom is -0.380 e. The van der Waals surface area contributed by atoms with E-state index < -0.39 is 0 Å². The van der Waals surface area contributed by atoms with Gasteiger partial charge in [0.15, 0.2) is 0 Å². The second-order valence-corrected chi connectivity index (χ2v) is 4.10. The minimum atomic E-state index is 0.0257. The predicted molar refractivity (Wildman–Crippen MR) is 59.8 cm³/mol. The fraction of sp³-hybridized carbons (Fsp3) is 0.727. The standard InChI is InChI=1S/C11H20N2O2/c1-9(2)12-11(14)13-6-4-10(5-7-13)8-15-3/h4,9H,5-8H2,1-3H3,(H,12,14). The van der Waals surface area contributed by atoms with Crippen LogP contribution in [0.25, 0.3) is 0 Å². The Labute approximate surface area is 91.3 Å². The zero-order valence-corrected chi connectivity index (χ0v) is 9.75. The maximum Gasteiger partial charge on any atom is 0.317 e. The molecule has 0 spiro atoms. The number of hydrogen-bond acceptors (Lipinski definition) is 2. The molecule has 0 radical (unpaired) electrons. The van der Waals surface area contributed by atoms with Crippen molar-refractivity contribution in [1.82, 2.24) is 10.2 Å². The van der Waals surface area contributed by atoms with Crippen molar-refractivity contribution in [2.24, 2.45) is 0 Å². The van der Waals surface area contributed by atoms with Crippen molar-refractivity contribution >= 4 is 6.03 Å². The molecule has 1 aliphatic heterocycles. The van der Waals surface area contributed by atoms with Crippen LogP contribution in [0.1, 0.15) is 20.3 Å². The average molecular weight is 212 g/mol. The van der Waals surface area contributed by atoms with E-state index in [1.54, 1.807) is 7.11 Å². The quantitative estimate of drug-likeness (QED) is 0.718. The summed E-state index contributed by atoms with van der Waals surface area (Å²) in [5.74, 6) is 0. The summed E-state index contributed by atoms with van der Waals surface area (Å²) in [4.78, 5) is 13.4. The molecule has 1 heterocycles. The van der Waals surface area contributed by atoms with Gasteiger partial charge in [0.05, 0.1) is 6.61 Å². The lowest BCUT2D eigenvalue weighted by Gasteiger charge is -2.27. The third-order valence-corrected chi connectivity index (χ3v) is 2.33.